The van der Waals surface area contributed by atoms with E-state index in [1.165, 1.54) is 5.69 Å². The lowest BCUT2D eigenvalue weighted by Gasteiger charge is -2.33. The van der Waals surface area contributed by atoms with Gasteiger partial charge in [0.2, 0.25) is 5.91 Å². The van der Waals surface area contributed by atoms with Crippen LogP contribution in [0.15, 0.2) is 23.6 Å². The van der Waals surface area contributed by atoms with Gasteiger partial charge in [0.15, 0.2) is 0 Å². The summed E-state index contributed by atoms with van der Waals surface area (Å²) < 4.78 is 2.10. The van der Waals surface area contributed by atoms with Gasteiger partial charge in [-0.05, 0) is 44.2 Å². The largest absolute Gasteiger partial charge is 0.340 e. The van der Waals surface area contributed by atoms with Crippen LogP contribution in [0.25, 0.3) is 0 Å². The van der Waals surface area contributed by atoms with Crippen molar-refractivity contribution in [3.63, 3.8) is 0 Å². The number of carbonyl (C=O) groups is 1. The maximum Gasteiger partial charge on any atom is 0.227 e. The minimum atomic E-state index is 0.240. The molecule has 0 aliphatic carbocycles. The monoisotopic (exact) mass is 303 g/mol. The number of aromatic nitrogens is 2. The van der Waals surface area contributed by atoms with E-state index in [0.717, 1.165) is 36.5 Å². The highest BCUT2D eigenvalue weighted by atomic mass is 32.1. The quantitative estimate of drug-likeness (QED) is 0.874. The lowest BCUT2D eigenvalue weighted by atomic mass is 10.1. The van der Waals surface area contributed by atoms with Gasteiger partial charge in [-0.25, -0.2) is 0 Å². The fourth-order valence-electron chi connectivity index (χ4n) is 3.07. The highest BCUT2D eigenvalue weighted by molar-refractivity contribution is 7.10. The molecule has 2 aromatic rings. The van der Waals surface area contributed by atoms with Gasteiger partial charge in [-0.1, -0.05) is 6.07 Å². The van der Waals surface area contributed by atoms with Gasteiger partial charge in [0, 0.05) is 23.7 Å². The molecule has 0 spiro atoms. The molecule has 2 aromatic heterocycles. The van der Waals surface area contributed by atoms with Crippen LogP contribution in [-0.2, 0) is 11.2 Å². The van der Waals surface area contributed by atoms with Crippen LogP contribution in [0.3, 0.4) is 0 Å². The predicted octanol–water partition coefficient (Wildman–Crippen LogP) is 2.97. The smallest absolute Gasteiger partial charge is 0.227 e. The molecule has 1 amide bonds. The fourth-order valence-corrected chi connectivity index (χ4v) is 3.77. The van der Waals surface area contributed by atoms with Gasteiger partial charge >= 0.3 is 0 Å². The molecule has 0 radical (unpaired) electrons. The van der Waals surface area contributed by atoms with Gasteiger partial charge in [-0.2, -0.15) is 5.10 Å². The van der Waals surface area contributed by atoms with E-state index >= 15 is 0 Å². The third-order valence-corrected chi connectivity index (χ3v) is 4.92. The molecule has 1 aliphatic rings. The number of rotatable bonds is 3. The number of hydrogen-bond acceptors (Lipinski definition) is 3. The Kier molecular flexibility index (Phi) is 4.10. The van der Waals surface area contributed by atoms with Gasteiger partial charge in [0.1, 0.15) is 0 Å². The van der Waals surface area contributed by atoms with Gasteiger partial charge in [0.05, 0.1) is 18.2 Å². The first-order valence-electron chi connectivity index (χ1n) is 7.46. The zero-order valence-electron chi connectivity index (χ0n) is 12.6. The summed E-state index contributed by atoms with van der Waals surface area (Å²) >= 11 is 1.65. The van der Waals surface area contributed by atoms with Crippen molar-refractivity contribution < 1.29 is 4.79 Å². The molecule has 0 N–H and O–H groups in total. The van der Waals surface area contributed by atoms with E-state index in [1.54, 1.807) is 11.3 Å². The number of piperidine rings is 1. The zero-order valence-corrected chi connectivity index (χ0v) is 13.4. The first-order chi connectivity index (χ1) is 10.1. The second-order valence-corrected chi connectivity index (χ2v) is 6.80. The van der Waals surface area contributed by atoms with E-state index in [0.29, 0.717) is 12.5 Å². The van der Waals surface area contributed by atoms with Crippen LogP contribution < -0.4 is 0 Å². The van der Waals surface area contributed by atoms with E-state index in [2.05, 4.69) is 22.8 Å². The molecular formula is C16H21N3OS. The van der Waals surface area contributed by atoms with Crippen LogP contribution in [0.4, 0.5) is 0 Å². The third-order valence-electron chi connectivity index (χ3n) is 4.05. The molecule has 1 atom stereocenters. The molecule has 3 heterocycles. The standard InChI is InChI=1S/C16H21N3OS/c1-12-9-13(2)19(17-12)14-5-3-7-18(11-14)16(20)10-15-6-4-8-21-15/h4,6,8-9,14H,3,5,7,10-11H2,1-2H3/t14-/m0/s1. The zero-order chi connectivity index (χ0) is 14.8. The summed E-state index contributed by atoms with van der Waals surface area (Å²) in [5.41, 5.74) is 2.24. The molecule has 0 aromatic carbocycles. The van der Waals surface area contributed by atoms with Gasteiger partial charge in [0.25, 0.3) is 0 Å². The van der Waals surface area contributed by atoms with E-state index in [-0.39, 0.29) is 5.91 Å². The Morgan fingerprint density at radius 3 is 3.00 bits per heavy atom. The minimum Gasteiger partial charge on any atom is -0.340 e. The maximum absolute atomic E-state index is 12.4. The number of thiophene rings is 1. The van der Waals surface area contributed by atoms with Crippen LogP contribution in [0.5, 0.6) is 0 Å². The lowest BCUT2D eigenvalue weighted by molar-refractivity contribution is -0.132. The van der Waals surface area contributed by atoms with Crippen molar-refractivity contribution >= 4 is 17.2 Å². The van der Waals surface area contributed by atoms with E-state index < -0.39 is 0 Å². The van der Waals surface area contributed by atoms with Crippen LogP contribution in [0, 0.1) is 13.8 Å². The van der Waals surface area contributed by atoms with Crippen LogP contribution in [0.1, 0.15) is 35.1 Å². The molecule has 4 nitrogen and oxygen atoms in total. The first kappa shape index (κ1) is 14.3. The summed E-state index contributed by atoms with van der Waals surface area (Å²) in [7, 11) is 0. The lowest BCUT2D eigenvalue weighted by Crippen LogP contribution is -2.41. The third kappa shape index (κ3) is 3.18. The van der Waals surface area contributed by atoms with Crippen molar-refractivity contribution in [1.29, 1.82) is 0 Å². The van der Waals surface area contributed by atoms with Crippen molar-refractivity contribution in [2.45, 2.75) is 39.2 Å². The average molecular weight is 303 g/mol. The number of likely N-dealkylation sites (tertiary alicyclic amines) is 1. The first-order valence-corrected chi connectivity index (χ1v) is 8.34. The molecule has 0 bridgehead atoms. The number of carbonyl (C=O) groups excluding carboxylic acids is 1. The molecule has 21 heavy (non-hydrogen) atoms. The van der Waals surface area contributed by atoms with Crippen LogP contribution in [0.2, 0.25) is 0 Å². The molecule has 0 saturated carbocycles. The summed E-state index contributed by atoms with van der Waals surface area (Å²) in [4.78, 5) is 15.6. The Morgan fingerprint density at radius 1 is 1.48 bits per heavy atom. The average Bonchev–Trinajstić information content (AvgIpc) is 3.08. The number of nitrogens with zero attached hydrogens (tertiary/aromatic N) is 3. The molecule has 112 valence electrons. The molecule has 3 rings (SSSR count). The van der Waals surface area contributed by atoms with Gasteiger partial charge in [-0.15, -0.1) is 11.3 Å². The SMILES string of the molecule is Cc1cc(C)n([C@H]2CCCN(C(=O)Cc3cccs3)C2)n1. The Hall–Kier alpha value is -1.62. The topological polar surface area (TPSA) is 38.1 Å². The van der Waals surface area contributed by atoms with Crippen molar-refractivity contribution in [2.24, 2.45) is 0 Å². The minimum absolute atomic E-state index is 0.240. The Morgan fingerprint density at radius 2 is 2.33 bits per heavy atom. The molecule has 1 fully saturated rings. The summed E-state index contributed by atoms with van der Waals surface area (Å²) in [5.74, 6) is 0.240. The van der Waals surface area contributed by atoms with E-state index in [4.69, 9.17) is 0 Å². The van der Waals surface area contributed by atoms with Gasteiger partial charge in [-0.3, -0.25) is 9.48 Å². The summed E-state index contributed by atoms with van der Waals surface area (Å²) in [6.07, 6.45) is 2.69. The van der Waals surface area contributed by atoms with E-state index in [9.17, 15) is 4.79 Å². The molecule has 0 unspecified atom stereocenters. The molecular weight excluding hydrogens is 282 g/mol. The number of aryl methyl sites for hydroxylation is 2. The molecule has 5 heteroatoms. The van der Waals surface area contributed by atoms with Crippen LogP contribution in [-0.4, -0.2) is 33.7 Å². The summed E-state index contributed by atoms with van der Waals surface area (Å²) in [6.45, 7) is 5.77. The van der Waals surface area contributed by atoms with Crippen molar-refractivity contribution in [1.82, 2.24) is 14.7 Å². The normalized spacial score (nSPS) is 19.0. The molecule has 1 saturated heterocycles. The van der Waals surface area contributed by atoms with Crippen molar-refractivity contribution in [3.05, 3.63) is 39.8 Å². The van der Waals surface area contributed by atoms with E-state index in [1.807, 2.05) is 29.3 Å². The van der Waals surface area contributed by atoms with Gasteiger partial charge < -0.3 is 4.90 Å². The Balaban J connectivity index is 1.68. The predicted molar refractivity (Wildman–Crippen MR) is 84.6 cm³/mol. The summed E-state index contributed by atoms with van der Waals surface area (Å²) in [5, 5.41) is 6.61. The highest BCUT2D eigenvalue weighted by Gasteiger charge is 2.26. The second-order valence-electron chi connectivity index (χ2n) is 5.76. The van der Waals surface area contributed by atoms with Crippen molar-refractivity contribution in [2.75, 3.05) is 13.1 Å². The fraction of sp³-hybridized carbons (Fsp3) is 0.500. The maximum atomic E-state index is 12.4. The Labute approximate surface area is 129 Å². The van der Waals surface area contributed by atoms with Crippen LogP contribution >= 0.6 is 11.3 Å². The van der Waals surface area contributed by atoms with Crippen molar-refractivity contribution in [3.8, 4) is 0 Å². The molecule has 1 aliphatic heterocycles. The second kappa shape index (κ2) is 6.02. The Bertz CT molecular complexity index is 618. The summed E-state index contributed by atoms with van der Waals surface area (Å²) in [6, 6.07) is 6.46. The number of amides is 1. The number of hydrogen-bond donors (Lipinski definition) is 0. The highest BCUT2D eigenvalue weighted by Crippen LogP contribution is 2.23.